The summed E-state index contributed by atoms with van der Waals surface area (Å²) in [7, 11) is 1.54. The number of benzene rings is 1. The molecule has 0 saturated heterocycles. The average Bonchev–Trinajstić information content (AvgIpc) is 2.76. The normalized spacial score (nSPS) is 12.3. The first-order valence-electron chi connectivity index (χ1n) is 6.02. The number of rotatable bonds is 5. The lowest BCUT2D eigenvalue weighted by molar-refractivity contribution is -0.121. The number of aromatic nitrogens is 2. The Kier molecular flexibility index (Phi) is 3.79. The molecule has 2 N–H and O–H groups in total. The Hall–Kier alpha value is -2.37. The van der Waals surface area contributed by atoms with Gasteiger partial charge < -0.3 is 15.1 Å². The van der Waals surface area contributed by atoms with Crippen molar-refractivity contribution in [3.8, 4) is 0 Å². The van der Waals surface area contributed by atoms with Gasteiger partial charge in [-0.1, -0.05) is 12.1 Å². The number of H-pyrrole nitrogens is 1. The summed E-state index contributed by atoms with van der Waals surface area (Å²) in [4.78, 5) is 37.0. The summed E-state index contributed by atoms with van der Waals surface area (Å²) in [5, 5.41) is 2.49. The van der Waals surface area contributed by atoms with Crippen LogP contribution in [0.25, 0.3) is 11.0 Å². The molecule has 1 aromatic heterocycles. The van der Waals surface area contributed by atoms with E-state index < -0.39 is 6.04 Å². The minimum Gasteiger partial charge on any atom is -0.359 e. The number of hydrogen-bond acceptors (Lipinski definition) is 3. The van der Waals surface area contributed by atoms with Crippen LogP contribution in [-0.2, 0) is 9.59 Å². The third kappa shape index (κ3) is 2.57. The zero-order valence-electron chi connectivity index (χ0n) is 10.6. The molecule has 0 aliphatic carbocycles. The molecule has 0 radical (unpaired) electrons. The van der Waals surface area contributed by atoms with Crippen LogP contribution in [0.15, 0.2) is 29.1 Å². The summed E-state index contributed by atoms with van der Waals surface area (Å²) in [5.41, 5.74) is 1.01. The fourth-order valence-electron chi connectivity index (χ4n) is 2.07. The lowest BCUT2D eigenvalue weighted by atomic mass is 10.1. The van der Waals surface area contributed by atoms with E-state index in [0.717, 1.165) is 0 Å². The first-order valence-corrected chi connectivity index (χ1v) is 6.02. The lowest BCUT2D eigenvalue weighted by Crippen LogP contribution is -2.25. The highest BCUT2D eigenvalue weighted by Crippen LogP contribution is 2.16. The van der Waals surface area contributed by atoms with Gasteiger partial charge in [-0.15, -0.1) is 0 Å². The van der Waals surface area contributed by atoms with Crippen molar-refractivity contribution < 1.29 is 9.59 Å². The second kappa shape index (κ2) is 5.51. The number of amides is 1. The third-order valence-corrected chi connectivity index (χ3v) is 3.06. The van der Waals surface area contributed by atoms with Crippen LogP contribution >= 0.6 is 0 Å². The van der Waals surface area contributed by atoms with Crippen LogP contribution in [0.1, 0.15) is 18.9 Å². The lowest BCUT2D eigenvalue weighted by Gasteiger charge is -2.11. The van der Waals surface area contributed by atoms with Crippen LogP contribution in [-0.4, -0.2) is 28.8 Å². The van der Waals surface area contributed by atoms with Crippen LogP contribution in [0.5, 0.6) is 0 Å². The maximum Gasteiger partial charge on any atom is 0.327 e. The van der Waals surface area contributed by atoms with E-state index in [1.807, 2.05) is 6.07 Å². The second-order valence-corrected chi connectivity index (χ2v) is 4.23. The molecule has 0 aliphatic heterocycles. The number of fused-ring (bicyclic) bond motifs is 1. The molecule has 1 atom stereocenters. The van der Waals surface area contributed by atoms with Crippen LogP contribution in [0.4, 0.5) is 0 Å². The van der Waals surface area contributed by atoms with Gasteiger partial charge in [-0.25, -0.2) is 4.79 Å². The topological polar surface area (TPSA) is 84.0 Å². The smallest absolute Gasteiger partial charge is 0.327 e. The predicted molar refractivity (Wildman–Crippen MR) is 71.0 cm³/mol. The Morgan fingerprint density at radius 3 is 2.89 bits per heavy atom. The highest BCUT2D eigenvalue weighted by molar-refractivity contribution is 5.78. The molecule has 0 spiro atoms. The number of nitrogens with zero attached hydrogens (tertiary/aromatic N) is 1. The minimum absolute atomic E-state index is 0.153. The Labute approximate surface area is 109 Å². The van der Waals surface area contributed by atoms with E-state index in [9.17, 15) is 14.4 Å². The van der Waals surface area contributed by atoms with Crippen molar-refractivity contribution in [2.45, 2.75) is 18.9 Å². The third-order valence-electron chi connectivity index (χ3n) is 3.06. The maximum absolute atomic E-state index is 11.9. The first kappa shape index (κ1) is 13.1. The van der Waals surface area contributed by atoms with Gasteiger partial charge in [-0.2, -0.15) is 0 Å². The van der Waals surface area contributed by atoms with E-state index in [-0.39, 0.29) is 18.0 Å². The Bertz CT molecular complexity index is 656. The van der Waals surface area contributed by atoms with Crippen LogP contribution in [0.3, 0.4) is 0 Å². The number of hydrogen-bond donors (Lipinski definition) is 2. The molecule has 0 saturated carbocycles. The van der Waals surface area contributed by atoms with E-state index >= 15 is 0 Å². The molecule has 0 bridgehead atoms. The highest BCUT2D eigenvalue weighted by atomic mass is 16.2. The summed E-state index contributed by atoms with van der Waals surface area (Å²) in [6.07, 6.45) is 1.20. The van der Waals surface area contributed by atoms with Crippen molar-refractivity contribution in [2.75, 3.05) is 7.05 Å². The van der Waals surface area contributed by atoms with Crippen LogP contribution < -0.4 is 11.0 Å². The predicted octanol–water partition coefficient (Wildman–Crippen LogP) is 0.596. The number of carbonyl (C=O) groups excluding carboxylic acids is 2. The zero-order chi connectivity index (χ0) is 13.8. The van der Waals surface area contributed by atoms with E-state index in [1.54, 1.807) is 18.2 Å². The molecule has 1 aromatic carbocycles. The number of imidazole rings is 1. The minimum atomic E-state index is -0.638. The summed E-state index contributed by atoms with van der Waals surface area (Å²) in [5.74, 6) is -0.153. The quantitative estimate of drug-likeness (QED) is 0.773. The molecule has 100 valence electrons. The number of nitrogens with one attached hydrogen (secondary N) is 2. The largest absolute Gasteiger partial charge is 0.359 e. The van der Waals surface area contributed by atoms with Gasteiger partial charge in [0.15, 0.2) is 0 Å². The molecule has 6 heteroatoms. The fourth-order valence-corrected chi connectivity index (χ4v) is 2.07. The standard InChI is InChI=1S/C13H15N3O3/c1-14-12(18)7-6-9(8-17)16-11-5-3-2-4-10(11)15-13(16)19/h2-5,8-9H,6-7H2,1H3,(H,14,18)(H,15,19). The molecular weight excluding hydrogens is 246 g/mol. The molecule has 19 heavy (non-hydrogen) atoms. The van der Waals surface area contributed by atoms with Crippen molar-refractivity contribution in [3.63, 3.8) is 0 Å². The van der Waals surface area contributed by atoms with Gasteiger partial charge >= 0.3 is 5.69 Å². The molecule has 1 unspecified atom stereocenters. The summed E-state index contributed by atoms with van der Waals surface area (Å²) < 4.78 is 1.39. The van der Waals surface area contributed by atoms with E-state index in [0.29, 0.717) is 23.7 Å². The summed E-state index contributed by atoms with van der Waals surface area (Å²) in [6.45, 7) is 0. The number of aromatic amines is 1. The highest BCUT2D eigenvalue weighted by Gasteiger charge is 2.17. The van der Waals surface area contributed by atoms with Crippen molar-refractivity contribution in [1.82, 2.24) is 14.9 Å². The summed E-state index contributed by atoms with van der Waals surface area (Å²) in [6, 6.07) is 6.51. The molecule has 1 heterocycles. The van der Waals surface area contributed by atoms with Crippen LogP contribution in [0.2, 0.25) is 0 Å². The molecule has 6 nitrogen and oxygen atoms in total. The van der Waals surface area contributed by atoms with Gasteiger partial charge in [-0.3, -0.25) is 9.36 Å². The number of para-hydroxylation sites is 2. The number of carbonyl (C=O) groups is 2. The van der Waals surface area contributed by atoms with Gasteiger partial charge in [0.25, 0.3) is 0 Å². The molecule has 0 fully saturated rings. The van der Waals surface area contributed by atoms with Gasteiger partial charge in [-0.05, 0) is 18.6 Å². The van der Waals surface area contributed by atoms with Crippen molar-refractivity contribution >= 4 is 23.2 Å². The van der Waals surface area contributed by atoms with Gasteiger partial charge in [0.05, 0.1) is 17.1 Å². The van der Waals surface area contributed by atoms with E-state index in [4.69, 9.17) is 0 Å². The zero-order valence-corrected chi connectivity index (χ0v) is 10.6. The molecule has 2 rings (SSSR count). The van der Waals surface area contributed by atoms with Crippen LogP contribution in [0, 0.1) is 0 Å². The summed E-state index contributed by atoms with van der Waals surface area (Å²) >= 11 is 0. The average molecular weight is 261 g/mol. The van der Waals surface area contributed by atoms with E-state index in [1.165, 1.54) is 11.6 Å². The number of aldehydes is 1. The second-order valence-electron chi connectivity index (χ2n) is 4.23. The van der Waals surface area contributed by atoms with E-state index in [2.05, 4.69) is 10.3 Å². The van der Waals surface area contributed by atoms with Gasteiger partial charge in [0.2, 0.25) is 5.91 Å². The van der Waals surface area contributed by atoms with Crippen molar-refractivity contribution in [1.29, 1.82) is 0 Å². The molecule has 2 aromatic rings. The van der Waals surface area contributed by atoms with Crippen molar-refractivity contribution in [2.24, 2.45) is 0 Å². The monoisotopic (exact) mass is 261 g/mol. The fraction of sp³-hybridized carbons (Fsp3) is 0.308. The van der Waals surface area contributed by atoms with Gasteiger partial charge in [0, 0.05) is 13.5 Å². The van der Waals surface area contributed by atoms with Gasteiger partial charge in [0.1, 0.15) is 6.29 Å². The Morgan fingerprint density at radius 2 is 2.21 bits per heavy atom. The maximum atomic E-state index is 11.9. The van der Waals surface area contributed by atoms with Crippen molar-refractivity contribution in [3.05, 3.63) is 34.7 Å². The molecular formula is C13H15N3O3. The SMILES string of the molecule is CNC(=O)CCC(C=O)n1c(=O)[nH]c2ccccc21. The first-order chi connectivity index (χ1) is 9.17. The Balaban J connectivity index is 2.35. The molecule has 0 aliphatic rings. The Morgan fingerprint density at radius 1 is 1.47 bits per heavy atom. The molecule has 1 amide bonds.